The Morgan fingerprint density at radius 3 is 2.60 bits per heavy atom. The van der Waals surface area contributed by atoms with Crippen molar-refractivity contribution in [2.45, 2.75) is 19.8 Å². The van der Waals surface area contributed by atoms with Gasteiger partial charge in [-0.3, -0.25) is 0 Å². The molecule has 0 saturated heterocycles. The minimum atomic E-state index is 0.475. The molecule has 0 fully saturated rings. The number of nitrogen functional groups attached to an aromatic ring is 1. The quantitative estimate of drug-likeness (QED) is 0.640. The van der Waals surface area contributed by atoms with Crippen LogP contribution in [-0.2, 0) is 6.42 Å². The van der Waals surface area contributed by atoms with Crippen LogP contribution in [0.3, 0.4) is 0 Å². The fourth-order valence-corrected chi connectivity index (χ4v) is 2.63. The first-order valence-corrected chi connectivity index (χ1v) is 8.27. The van der Waals surface area contributed by atoms with Crippen LogP contribution >= 0.6 is 0 Å². The Morgan fingerprint density at radius 2 is 1.84 bits per heavy atom. The topological polar surface area (TPSA) is 103 Å². The number of aryl methyl sites for hydroxylation is 2. The maximum Gasteiger partial charge on any atom is 0.132 e. The highest BCUT2D eigenvalue weighted by Crippen LogP contribution is 2.26. The molecule has 0 bridgehead atoms. The number of aromatic nitrogens is 3. The zero-order valence-electron chi connectivity index (χ0n) is 14.2. The fourth-order valence-electron chi connectivity index (χ4n) is 2.63. The van der Waals surface area contributed by atoms with E-state index in [4.69, 9.17) is 16.5 Å². The Hall–Kier alpha value is -2.99. The second-order valence-electron chi connectivity index (χ2n) is 5.91. The first-order valence-electron chi connectivity index (χ1n) is 8.27. The van der Waals surface area contributed by atoms with Crippen molar-refractivity contribution in [2.75, 3.05) is 17.6 Å². The van der Waals surface area contributed by atoms with E-state index >= 15 is 0 Å². The van der Waals surface area contributed by atoms with Gasteiger partial charge in [0.05, 0.1) is 5.69 Å². The van der Waals surface area contributed by atoms with Gasteiger partial charge in [-0.2, -0.15) is 0 Å². The van der Waals surface area contributed by atoms with Gasteiger partial charge in [-0.05, 0) is 67.8 Å². The van der Waals surface area contributed by atoms with E-state index in [9.17, 15) is 0 Å². The number of pyridine rings is 3. The van der Waals surface area contributed by atoms with Gasteiger partial charge in [-0.1, -0.05) is 6.07 Å². The molecule has 3 rings (SSSR count). The number of hydrogen-bond acceptors (Lipinski definition) is 6. The highest BCUT2D eigenvalue weighted by Gasteiger charge is 2.10. The van der Waals surface area contributed by atoms with E-state index in [1.807, 2.05) is 37.3 Å². The Morgan fingerprint density at radius 1 is 1.00 bits per heavy atom. The van der Waals surface area contributed by atoms with E-state index in [2.05, 4.69) is 21.4 Å². The van der Waals surface area contributed by atoms with Gasteiger partial charge in [0.2, 0.25) is 0 Å². The van der Waals surface area contributed by atoms with E-state index in [1.165, 1.54) is 0 Å². The Balaban J connectivity index is 1.97. The molecule has 0 amide bonds. The third kappa shape index (κ3) is 4.30. The van der Waals surface area contributed by atoms with Gasteiger partial charge < -0.3 is 16.8 Å². The zero-order valence-corrected chi connectivity index (χ0v) is 14.2. The van der Waals surface area contributed by atoms with Gasteiger partial charge in [0, 0.05) is 18.0 Å². The number of nitrogens with one attached hydrogen (secondary N) is 1. The van der Waals surface area contributed by atoms with Crippen molar-refractivity contribution in [3.05, 3.63) is 59.9 Å². The molecule has 5 N–H and O–H groups in total. The number of nitrogens with zero attached hydrogens (tertiary/aromatic N) is 3. The third-order valence-electron chi connectivity index (χ3n) is 3.86. The number of anilines is 3. The Labute approximate surface area is 147 Å². The second-order valence-corrected chi connectivity index (χ2v) is 5.91. The van der Waals surface area contributed by atoms with Crippen molar-refractivity contribution in [2.24, 2.45) is 5.73 Å². The van der Waals surface area contributed by atoms with Crippen LogP contribution in [0.1, 0.15) is 17.5 Å². The van der Waals surface area contributed by atoms with E-state index < -0.39 is 0 Å². The summed E-state index contributed by atoms with van der Waals surface area (Å²) in [5, 5.41) is 3.26. The first-order chi connectivity index (χ1) is 12.2. The largest absolute Gasteiger partial charge is 0.384 e. The molecular weight excluding hydrogens is 312 g/mol. The van der Waals surface area contributed by atoms with E-state index in [0.717, 1.165) is 46.9 Å². The molecule has 0 aromatic carbocycles. The summed E-state index contributed by atoms with van der Waals surface area (Å²) in [6, 6.07) is 11.7. The highest BCUT2D eigenvalue weighted by atomic mass is 15.1. The van der Waals surface area contributed by atoms with E-state index in [-0.39, 0.29) is 0 Å². The smallest absolute Gasteiger partial charge is 0.132 e. The van der Waals surface area contributed by atoms with Crippen LogP contribution in [0.2, 0.25) is 0 Å². The summed E-state index contributed by atoms with van der Waals surface area (Å²) in [5.41, 5.74) is 15.6. The van der Waals surface area contributed by atoms with Gasteiger partial charge in [-0.15, -0.1) is 0 Å². The number of rotatable bonds is 6. The van der Waals surface area contributed by atoms with Crippen molar-refractivity contribution in [3.8, 4) is 11.3 Å². The van der Waals surface area contributed by atoms with Gasteiger partial charge >= 0.3 is 0 Å². The molecule has 0 aliphatic carbocycles. The maximum atomic E-state index is 5.84. The molecule has 3 aromatic rings. The summed E-state index contributed by atoms with van der Waals surface area (Å²) in [4.78, 5) is 13.2. The molecule has 0 saturated carbocycles. The van der Waals surface area contributed by atoms with Crippen LogP contribution in [-0.4, -0.2) is 21.5 Å². The summed E-state index contributed by atoms with van der Waals surface area (Å²) in [6.07, 6.45) is 5.24. The minimum absolute atomic E-state index is 0.475. The van der Waals surface area contributed by atoms with E-state index in [1.54, 1.807) is 12.4 Å². The molecule has 0 aliphatic heterocycles. The van der Waals surface area contributed by atoms with Crippen molar-refractivity contribution >= 4 is 17.5 Å². The third-order valence-corrected chi connectivity index (χ3v) is 3.86. The lowest BCUT2D eigenvalue weighted by atomic mass is 10.0. The van der Waals surface area contributed by atoms with E-state index in [0.29, 0.717) is 12.4 Å². The van der Waals surface area contributed by atoms with Crippen molar-refractivity contribution in [1.82, 2.24) is 15.0 Å². The summed E-state index contributed by atoms with van der Waals surface area (Å²) in [6.45, 7) is 2.67. The first kappa shape index (κ1) is 16.9. The predicted octanol–water partition coefficient (Wildman–Crippen LogP) is 3.06. The molecule has 6 nitrogen and oxygen atoms in total. The molecule has 3 heterocycles. The minimum Gasteiger partial charge on any atom is -0.384 e. The molecule has 6 heteroatoms. The van der Waals surface area contributed by atoms with Crippen LogP contribution in [0.25, 0.3) is 11.3 Å². The number of nitrogens with two attached hydrogens (primary N) is 2. The van der Waals surface area contributed by atoms with Crippen LogP contribution in [0.5, 0.6) is 0 Å². The van der Waals surface area contributed by atoms with Gasteiger partial charge in [0.25, 0.3) is 0 Å². The van der Waals surface area contributed by atoms with Crippen molar-refractivity contribution in [1.29, 1.82) is 0 Å². The fraction of sp³-hybridized carbons (Fsp3) is 0.211. The highest BCUT2D eigenvalue weighted by molar-refractivity contribution is 5.68. The molecule has 3 aromatic heterocycles. The lowest BCUT2D eigenvalue weighted by Gasteiger charge is -2.12. The predicted molar refractivity (Wildman–Crippen MR) is 102 cm³/mol. The molecule has 128 valence electrons. The second kappa shape index (κ2) is 7.72. The van der Waals surface area contributed by atoms with Crippen molar-refractivity contribution in [3.63, 3.8) is 0 Å². The summed E-state index contributed by atoms with van der Waals surface area (Å²) >= 11 is 0. The van der Waals surface area contributed by atoms with Gasteiger partial charge in [0.15, 0.2) is 0 Å². The number of hydrogen-bond donors (Lipinski definition) is 3. The van der Waals surface area contributed by atoms with Crippen LogP contribution in [0.15, 0.2) is 48.8 Å². The molecule has 0 atom stereocenters. The molecule has 0 aliphatic rings. The average molecular weight is 334 g/mol. The Kier molecular flexibility index (Phi) is 5.20. The van der Waals surface area contributed by atoms with Crippen LogP contribution in [0, 0.1) is 6.92 Å². The maximum absolute atomic E-state index is 5.84. The lowest BCUT2D eigenvalue weighted by Crippen LogP contribution is -2.04. The summed E-state index contributed by atoms with van der Waals surface area (Å²) in [5.74, 6) is 1.98. The monoisotopic (exact) mass is 334 g/mol. The molecule has 0 radical (unpaired) electrons. The molecular formula is C19H22N6. The average Bonchev–Trinajstić information content (AvgIpc) is 2.60. The summed E-state index contributed by atoms with van der Waals surface area (Å²) < 4.78 is 0. The van der Waals surface area contributed by atoms with Crippen LogP contribution < -0.4 is 16.8 Å². The zero-order chi connectivity index (χ0) is 17.6. The van der Waals surface area contributed by atoms with Crippen LogP contribution in [0.4, 0.5) is 17.5 Å². The normalized spacial score (nSPS) is 10.6. The van der Waals surface area contributed by atoms with Gasteiger partial charge in [-0.25, -0.2) is 15.0 Å². The Bertz CT molecular complexity index is 862. The van der Waals surface area contributed by atoms with Gasteiger partial charge in [0.1, 0.15) is 17.5 Å². The molecule has 0 spiro atoms. The summed E-state index contributed by atoms with van der Waals surface area (Å²) in [7, 11) is 0. The van der Waals surface area contributed by atoms with Crippen molar-refractivity contribution < 1.29 is 0 Å². The molecule has 25 heavy (non-hydrogen) atoms. The lowest BCUT2D eigenvalue weighted by molar-refractivity contribution is 0.831. The SMILES string of the molecule is Cc1ccnc(Nc2ccc(CCCN)c(-c3ccnc(N)c3)n2)c1. The standard InChI is InChI=1S/C19H22N6/c1-13-6-9-23-18(11-13)24-17-5-4-14(3-2-8-20)19(25-17)15-7-10-22-16(21)12-15/h4-7,9-12H,2-3,8,20H2,1H3,(H2,21,22)(H,23,24,25). The molecule has 0 unspecified atom stereocenters.